The summed E-state index contributed by atoms with van der Waals surface area (Å²) in [6, 6.07) is 56.2. The Balaban J connectivity index is 1.06. The number of para-hydroxylation sites is 2. The molecule has 2 aliphatic rings. The Kier molecular flexibility index (Phi) is 8.05. The first-order valence-electron chi connectivity index (χ1n) is 22.9. The molecule has 0 aliphatic carbocycles. The molecule has 4 aromatic heterocycles. The van der Waals surface area contributed by atoms with Crippen molar-refractivity contribution in [1.29, 1.82) is 0 Å². The SMILES string of the molecule is Cc1cc2c3c(c1)N(c1ccc(-c4cc5ccccc5o4)cc1)c1c(oc4ccc(C(C)(C)C)cc14)B3c1oc3ccc(C(C)(C)C)cc3c1N2c1ccc(-c2cc3ccccc3o2)cc1. The van der Waals surface area contributed by atoms with Gasteiger partial charge in [0.1, 0.15) is 45.2 Å². The molecule has 11 aromatic rings. The van der Waals surface area contributed by atoms with Crippen LogP contribution in [0.4, 0.5) is 34.1 Å². The molecule has 6 heterocycles. The van der Waals surface area contributed by atoms with Crippen LogP contribution < -0.4 is 26.6 Å². The van der Waals surface area contributed by atoms with Crippen LogP contribution in [0.25, 0.3) is 66.5 Å². The number of aryl methyl sites for hydroxylation is 1. The van der Waals surface area contributed by atoms with Crippen molar-refractivity contribution in [2.75, 3.05) is 9.80 Å². The number of hydrogen-bond acceptors (Lipinski definition) is 6. The summed E-state index contributed by atoms with van der Waals surface area (Å²) in [5.74, 6) is 1.68. The molecule has 0 bridgehead atoms. The Morgan fingerprint density at radius 1 is 0.424 bits per heavy atom. The standard InChI is InChI=1S/C59H47BN2O4/c1-34-28-45-53-46(29-34)62(42-24-18-36(19-25-42)52-31-38-13-9-11-15-48(38)64-52)55-44-33-40(59(5,6)7)21-27-50(44)66-57(55)60(53)56-54(43-32-39(58(2,3)4)20-26-49(43)65-56)61(45)41-22-16-35(17-23-41)51-30-37-12-8-10-14-47(37)63-51/h8-33H,1-7H3. The monoisotopic (exact) mass is 858 g/mol. The summed E-state index contributed by atoms with van der Waals surface area (Å²) < 4.78 is 27.2. The topological polar surface area (TPSA) is 59.0 Å². The van der Waals surface area contributed by atoms with E-state index in [4.69, 9.17) is 17.7 Å². The van der Waals surface area contributed by atoms with E-state index in [0.29, 0.717) is 0 Å². The maximum Gasteiger partial charge on any atom is 0.342 e. The van der Waals surface area contributed by atoms with Gasteiger partial charge < -0.3 is 27.5 Å². The second-order valence-corrected chi connectivity index (χ2v) is 20.3. The average Bonchev–Trinajstić information content (AvgIpc) is 4.11. The molecule has 320 valence electrons. The van der Waals surface area contributed by atoms with Gasteiger partial charge in [0.15, 0.2) is 0 Å². The molecule has 0 unspecified atom stereocenters. The van der Waals surface area contributed by atoms with E-state index in [1.165, 1.54) is 11.1 Å². The minimum atomic E-state index is -0.325. The van der Waals surface area contributed by atoms with Crippen molar-refractivity contribution < 1.29 is 17.7 Å². The van der Waals surface area contributed by atoms with E-state index in [1.807, 2.05) is 36.4 Å². The molecule has 0 spiro atoms. The zero-order chi connectivity index (χ0) is 44.8. The Hall–Kier alpha value is -7.64. The second-order valence-electron chi connectivity index (χ2n) is 20.3. The lowest BCUT2D eigenvalue weighted by atomic mass is 9.37. The van der Waals surface area contributed by atoms with Crippen molar-refractivity contribution in [3.63, 3.8) is 0 Å². The highest BCUT2D eigenvalue weighted by Crippen LogP contribution is 2.50. The van der Waals surface area contributed by atoms with Crippen LogP contribution in [0.1, 0.15) is 58.2 Å². The van der Waals surface area contributed by atoms with Crippen molar-refractivity contribution in [3.8, 4) is 22.6 Å². The number of anilines is 6. The molecule has 0 fully saturated rings. The molecule has 7 heteroatoms. The summed E-state index contributed by atoms with van der Waals surface area (Å²) in [6.45, 7) is 15.5. The first-order valence-corrected chi connectivity index (χ1v) is 22.9. The fourth-order valence-electron chi connectivity index (χ4n) is 10.4. The number of nitrogens with zero attached hydrogens (tertiary/aromatic N) is 2. The number of rotatable bonds is 4. The first-order chi connectivity index (χ1) is 31.9. The van der Waals surface area contributed by atoms with E-state index in [2.05, 4.69) is 180 Å². The Labute approximate surface area is 383 Å². The Bertz CT molecular complexity index is 3450. The largest absolute Gasteiger partial charge is 0.468 e. The van der Waals surface area contributed by atoms with Crippen LogP contribution in [0, 0.1) is 6.92 Å². The predicted molar refractivity (Wildman–Crippen MR) is 273 cm³/mol. The molecular formula is C59H47BN2O4. The van der Waals surface area contributed by atoms with Crippen molar-refractivity contribution >= 4 is 101 Å². The second kappa shape index (κ2) is 13.7. The molecular weight excluding hydrogens is 811 g/mol. The van der Waals surface area contributed by atoms with E-state index in [-0.39, 0.29) is 17.5 Å². The van der Waals surface area contributed by atoms with Crippen molar-refractivity contribution in [2.45, 2.75) is 59.3 Å². The molecule has 7 aromatic carbocycles. The third kappa shape index (κ3) is 5.82. The summed E-state index contributed by atoms with van der Waals surface area (Å²) >= 11 is 0. The zero-order valence-corrected chi connectivity index (χ0v) is 38.1. The van der Waals surface area contributed by atoms with Gasteiger partial charge in [-0.25, -0.2) is 0 Å². The summed E-state index contributed by atoms with van der Waals surface area (Å²) in [4.78, 5) is 4.85. The Morgan fingerprint density at radius 2 is 0.848 bits per heavy atom. The van der Waals surface area contributed by atoms with Gasteiger partial charge in [-0.05, 0) is 149 Å². The average molecular weight is 859 g/mol. The van der Waals surface area contributed by atoms with Crippen LogP contribution >= 0.6 is 0 Å². The van der Waals surface area contributed by atoms with E-state index < -0.39 is 0 Å². The molecule has 0 N–H and O–H groups in total. The van der Waals surface area contributed by atoms with Crippen molar-refractivity contribution in [2.24, 2.45) is 0 Å². The van der Waals surface area contributed by atoms with E-state index in [1.54, 1.807) is 0 Å². The minimum Gasteiger partial charge on any atom is -0.468 e. The summed E-state index contributed by atoms with van der Waals surface area (Å²) in [5.41, 5.74) is 18.1. The van der Waals surface area contributed by atoms with Gasteiger partial charge in [-0.15, -0.1) is 0 Å². The van der Waals surface area contributed by atoms with Gasteiger partial charge in [0.05, 0.1) is 11.4 Å². The predicted octanol–water partition coefficient (Wildman–Crippen LogP) is 15.0. The zero-order valence-electron chi connectivity index (χ0n) is 38.1. The highest BCUT2D eigenvalue weighted by Gasteiger charge is 2.50. The summed E-state index contributed by atoms with van der Waals surface area (Å²) in [6.07, 6.45) is 0. The Morgan fingerprint density at radius 3 is 1.26 bits per heavy atom. The quantitative estimate of drug-likeness (QED) is 0.164. The minimum absolute atomic E-state index is 0.0737. The number of furan rings is 4. The van der Waals surface area contributed by atoms with E-state index in [9.17, 15) is 0 Å². The van der Waals surface area contributed by atoms with Crippen molar-refractivity contribution in [3.05, 3.63) is 174 Å². The van der Waals surface area contributed by atoms with E-state index in [0.717, 1.165) is 123 Å². The van der Waals surface area contributed by atoms with Crippen molar-refractivity contribution in [1.82, 2.24) is 0 Å². The highest BCUT2D eigenvalue weighted by molar-refractivity contribution is 6.99. The van der Waals surface area contributed by atoms with Gasteiger partial charge >= 0.3 is 6.71 Å². The van der Waals surface area contributed by atoms with Gasteiger partial charge in [-0.1, -0.05) is 90.1 Å². The smallest absolute Gasteiger partial charge is 0.342 e. The maximum atomic E-state index is 7.23. The van der Waals surface area contributed by atoms with Gasteiger partial charge in [0.2, 0.25) is 0 Å². The number of hydrogen-bond donors (Lipinski definition) is 0. The fourth-order valence-corrected chi connectivity index (χ4v) is 10.4. The number of fused-ring (bicyclic) bond motifs is 10. The lowest BCUT2D eigenvalue weighted by molar-refractivity contribution is 0.590. The summed E-state index contributed by atoms with van der Waals surface area (Å²) in [5, 5.41) is 4.32. The van der Waals surface area contributed by atoms with Crippen LogP contribution in [0.15, 0.2) is 175 Å². The first kappa shape index (κ1) is 38.8. The molecule has 6 nitrogen and oxygen atoms in total. The van der Waals surface area contributed by atoms with E-state index >= 15 is 0 Å². The maximum absolute atomic E-state index is 7.23. The normalized spacial score (nSPS) is 13.6. The number of benzene rings is 7. The molecule has 2 aliphatic heterocycles. The van der Waals surface area contributed by atoms with Gasteiger partial charge in [0.25, 0.3) is 0 Å². The lowest BCUT2D eigenvalue weighted by Crippen LogP contribution is -2.60. The van der Waals surface area contributed by atoms with Gasteiger partial charge in [-0.2, -0.15) is 0 Å². The molecule has 0 atom stereocenters. The van der Waals surface area contributed by atoms with Gasteiger partial charge in [-0.3, -0.25) is 0 Å². The molecule has 0 radical (unpaired) electrons. The van der Waals surface area contributed by atoms with Crippen LogP contribution in [-0.2, 0) is 10.8 Å². The molecule has 0 amide bonds. The summed E-state index contributed by atoms with van der Waals surface area (Å²) in [7, 11) is 0. The van der Waals surface area contributed by atoms with Crippen LogP contribution in [0.3, 0.4) is 0 Å². The third-order valence-electron chi connectivity index (χ3n) is 13.8. The molecule has 0 saturated heterocycles. The van der Waals surface area contributed by atoms with Crippen LogP contribution in [0.2, 0.25) is 0 Å². The molecule has 0 saturated carbocycles. The van der Waals surface area contributed by atoms with Crippen LogP contribution in [0.5, 0.6) is 0 Å². The van der Waals surface area contributed by atoms with Crippen LogP contribution in [-0.4, -0.2) is 6.71 Å². The fraction of sp³-hybridized carbons (Fsp3) is 0.153. The lowest BCUT2D eigenvalue weighted by Gasteiger charge is -2.41. The molecule has 66 heavy (non-hydrogen) atoms. The highest BCUT2D eigenvalue weighted by atomic mass is 16.4. The third-order valence-corrected chi connectivity index (χ3v) is 13.8. The van der Waals surface area contributed by atoms with Gasteiger partial charge in [0, 0.05) is 55.4 Å². The molecule has 13 rings (SSSR count).